The summed E-state index contributed by atoms with van der Waals surface area (Å²) in [7, 11) is 0. The molecule has 0 aliphatic heterocycles. The van der Waals surface area contributed by atoms with Crippen LogP contribution in [0, 0.1) is 13.8 Å². The number of aromatic nitrogens is 4. The molecule has 7 heteroatoms. The summed E-state index contributed by atoms with van der Waals surface area (Å²) in [5, 5.41) is 23.5. The Labute approximate surface area is 194 Å². The first kappa shape index (κ1) is 24.0. The fourth-order valence-corrected chi connectivity index (χ4v) is 4.23. The van der Waals surface area contributed by atoms with Gasteiger partial charge in [0.25, 0.3) is 0 Å². The van der Waals surface area contributed by atoms with Crippen molar-refractivity contribution in [2.24, 2.45) is 0 Å². The van der Waals surface area contributed by atoms with E-state index in [0.29, 0.717) is 10.7 Å². The Kier molecular flexibility index (Phi) is 6.52. The number of phenolic OH excluding ortho intramolecular Hbond substituents is 1. The van der Waals surface area contributed by atoms with Crippen LogP contribution in [0.1, 0.15) is 74.2 Å². The molecule has 0 fully saturated rings. The summed E-state index contributed by atoms with van der Waals surface area (Å²) in [5.41, 5.74) is 4.78. The molecular formula is C25H32N4O2S. The van der Waals surface area contributed by atoms with Gasteiger partial charge in [-0.05, 0) is 70.5 Å². The largest absolute Gasteiger partial charge is 0.507 e. The molecule has 1 heterocycles. The third-order valence-corrected chi connectivity index (χ3v) is 6.48. The van der Waals surface area contributed by atoms with E-state index in [2.05, 4.69) is 22.4 Å². The summed E-state index contributed by atoms with van der Waals surface area (Å²) in [6.07, 6.45) is 0. The van der Waals surface area contributed by atoms with E-state index in [4.69, 9.17) is 0 Å². The molecule has 0 atom stereocenters. The van der Waals surface area contributed by atoms with E-state index >= 15 is 0 Å². The first-order valence-corrected chi connectivity index (χ1v) is 11.7. The van der Waals surface area contributed by atoms with Gasteiger partial charge >= 0.3 is 0 Å². The van der Waals surface area contributed by atoms with E-state index in [1.165, 1.54) is 17.3 Å². The van der Waals surface area contributed by atoms with E-state index in [0.717, 1.165) is 22.4 Å². The minimum absolute atomic E-state index is 0.0272. The molecule has 0 aliphatic rings. The zero-order valence-electron chi connectivity index (χ0n) is 20.1. The number of tetrazole rings is 1. The summed E-state index contributed by atoms with van der Waals surface area (Å²) in [6, 6.07) is 9.67. The lowest BCUT2D eigenvalue weighted by Crippen LogP contribution is -2.19. The van der Waals surface area contributed by atoms with Crippen LogP contribution in [-0.2, 0) is 10.8 Å². The molecule has 0 radical (unpaired) electrons. The van der Waals surface area contributed by atoms with Crippen LogP contribution in [-0.4, -0.2) is 36.8 Å². The van der Waals surface area contributed by atoms with Crippen molar-refractivity contribution >= 4 is 17.5 Å². The van der Waals surface area contributed by atoms with Crippen molar-refractivity contribution in [2.45, 2.75) is 71.4 Å². The number of carbonyl (C=O) groups is 1. The van der Waals surface area contributed by atoms with E-state index < -0.39 is 0 Å². The molecule has 32 heavy (non-hydrogen) atoms. The Morgan fingerprint density at radius 2 is 1.56 bits per heavy atom. The molecule has 1 aromatic heterocycles. The average Bonchev–Trinajstić information content (AvgIpc) is 3.15. The van der Waals surface area contributed by atoms with Crippen LogP contribution in [0.4, 0.5) is 0 Å². The monoisotopic (exact) mass is 452 g/mol. The van der Waals surface area contributed by atoms with Crippen LogP contribution in [0.2, 0.25) is 0 Å². The molecule has 1 N–H and O–H groups in total. The summed E-state index contributed by atoms with van der Waals surface area (Å²) in [5.74, 6) is 0.442. The summed E-state index contributed by atoms with van der Waals surface area (Å²) in [4.78, 5) is 13.2. The van der Waals surface area contributed by atoms with Gasteiger partial charge in [-0.15, -0.1) is 5.10 Å². The van der Waals surface area contributed by atoms with Gasteiger partial charge in [-0.1, -0.05) is 59.4 Å². The molecule has 0 spiro atoms. The number of phenols is 1. The maximum absolute atomic E-state index is 13.2. The molecule has 0 unspecified atom stereocenters. The highest BCUT2D eigenvalue weighted by molar-refractivity contribution is 7.99. The molecular weight excluding hydrogens is 420 g/mol. The Hall–Kier alpha value is -2.67. The predicted molar refractivity (Wildman–Crippen MR) is 129 cm³/mol. The lowest BCUT2D eigenvalue weighted by atomic mass is 9.78. The molecule has 3 aromatic rings. The number of ketones is 1. The first-order valence-electron chi connectivity index (χ1n) is 10.7. The topological polar surface area (TPSA) is 80.9 Å². The number of nitrogens with zero attached hydrogens (tertiary/aromatic N) is 4. The number of carbonyl (C=O) groups excluding carboxylic acids is 1. The fourth-order valence-electron chi connectivity index (χ4n) is 3.44. The van der Waals surface area contributed by atoms with Crippen molar-refractivity contribution < 1.29 is 9.90 Å². The second-order valence-electron chi connectivity index (χ2n) is 10.3. The van der Waals surface area contributed by atoms with Gasteiger partial charge in [0.2, 0.25) is 5.16 Å². The molecule has 3 rings (SSSR count). The Bertz CT molecular complexity index is 1120. The molecule has 0 amide bonds. The van der Waals surface area contributed by atoms with Crippen molar-refractivity contribution in [3.8, 4) is 11.4 Å². The van der Waals surface area contributed by atoms with Gasteiger partial charge in [0.05, 0.1) is 11.4 Å². The molecule has 0 saturated heterocycles. The van der Waals surface area contributed by atoms with E-state index in [1.807, 2.05) is 78.8 Å². The Balaban J connectivity index is 1.89. The summed E-state index contributed by atoms with van der Waals surface area (Å²) >= 11 is 1.31. The van der Waals surface area contributed by atoms with Gasteiger partial charge in [-0.25, -0.2) is 0 Å². The lowest BCUT2D eigenvalue weighted by molar-refractivity contribution is 0.102. The highest BCUT2D eigenvalue weighted by atomic mass is 32.2. The third kappa shape index (κ3) is 5.04. The van der Waals surface area contributed by atoms with Crippen LogP contribution in [0.5, 0.6) is 5.75 Å². The molecule has 0 saturated carbocycles. The number of hydrogen-bond acceptors (Lipinski definition) is 6. The van der Waals surface area contributed by atoms with Gasteiger partial charge < -0.3 is 5.11 Å². The first-order chi connectivity index (χ1) is 14.8. The number of hydrogen-bond donors (Lipinski definition) is 1. The van der Waals surface area contributed by atoms with Crippen LogP contribution in [0.25, 0.3) is 5.69 Å². The molecule has 6 nitrogen and oxygen atoms in total. The van der Waals surface area contributed by atoms with Crippen molar-refractivity contribution in [1.82, 2.24) is 20.2 Å². The van der Waals surface area contributed by atoms with Gasteiger partial charge in [-0.3, -0.25) is 4.79 Å². The highest BCUT2D eigenvalue weighted by Gasteiger charge is 2.28. The third-order valence-electron chi connectivity index (χ3n) is 5.56. The lowest BCUT2D eigenvalue weighted by Gasteiger charge is -2.28. The van der Waals surface area contributed by atoms with Crippen molar-refractivity contribution in [2.75, 3.05) is 5.75 Å². The van der Waals surface area contributed by atoms with Crippen LogP contribution < -0.4 is 0 Å². The Morgan fingerprint density at radius 3 is 2.09 bits per heavy atom. The van der Waals surface area contributed by atoms with Crippen LogP contribution >= 0.6 is 11.8 Å². The summed E-state index contributed by atoms with van der Waals surface area (Å²) in [6.45, 7) is 16.3. The zero-order valence-corrected chi connectivity index (χ0v) is 21.0. The predicted octanol–water partition coefficient (Wildman–Crippen LogP) is 5.55. The van der Waals surface area contributed by atoms with Crippen LogP contribution in [0.3, 0.4) is 0 Å². The van der Waals surface area contributed by atoms with E-state index in [9.17, 15) is 9.90 Å². The molecule has 170 valence electrons. The number of thioether (sulfide) groups is 1. The quantitative estimate of drug-likeness (QED) is 0.403. The number of aromatic hydroxyl groups is 1. The number of benzene rings is 2. The minimum Gasteiger partial charge on any atom is -0.507 e. The van der Waals surface area contributed by atoms with Gasteiger partial charge in [-0.2, -0.15) is 4.68 Å². The SMILES string of the molecule is Cc1ccc(-n2nnnc2SCC(=O)c2cc(C(C)(C)C)c(O)c(C(C)(C)C)c2)cc1C. The maximum atomic E-state index is 13.2. The second kappa shape index (κ2) is 8.70. The standard InChI is InChI=1S/C25H32N4O2S/c1-15-9-10-18(11-16(15)2)29-23(26-27-28-29)32-14-21(30)17-12-19(24(3,4)5)22(31)20(13-17)25(6,7)8/h9-13,31H,14H2,1-8H3. The number of Topliss-reactive ketones (excluding diaryl/α,β-unsaturated/α-hetero) is 1. The van der Waals surface area contributed by atoms with Gasteiger partial charge in [0, 0.05) is 16.7 Å². The molecule has 0 aliphatic carbocycles. The maximum Gasteiger partial charge on any atom is 0.214 e. The van der Waals surface area contributed by atoms with Crippen molar-refractivity contribution in [3.05, 3.63) is 58.1 Å². The number of rotatable bonds is 5. The fraction of sp³-hybridized carbons (Fsp3) is 0.440. The average molecular weight is 453 g/mol. The Morgan fingerprint density at radius 1 is 0.969 bits per heavy atom. The van der Waals surface area contributed by atoms with E-state index in [-0.39, 0.29) is 28.1 Å². The van der Waals surface area contributed by atoms with Crippen LogP contribution in [0.15, 0.2) is 35.5 Å². The van der Waals surface area contributed by atoms with Crippen molar-refractivity contribution in [3.63, 3.8) is 0 Å². The van der Waals surface area contributed by atoms with E-state index in [1.54, 1.807) is 4.68 Å². The molecule has 0 bridgehead atoms. The van der Waals surface area contributed by atoms with Gasteiger partial charge in [0.1, 0.15) is 5.75 Å². The minimum atomic E-state index is -0.291. The summed E-state index contributed by atoms with van der Waals surface area (Å²) < 4.78 is 1.66. The zero-order chi connectivity index (χ0) is 23.8. The normalized spacial score (nSPS) is 12.2. The second-order valence-corrected chi connectivity index (χ2v) is 11.2. The highest BCUT2D eigenvalue weighted by Crippen LogP contribution is 2.40. The van der Waals surface area contributed by atoms with Gasteiger partial charge in [0.15, 0.2) is 5.78 Å². The van der Waals surface area contributed by atoms with Crippen molar-refractivity contribution in [1.29, 1.82) is 0 Å². The smallest absolute Gasteiger partial charge is 0.214 e. The number of aryl methyl sites for hydroxylation is 2. The molecule has 2 aromatic carbocycles.